The molecular formula is C16H28N2O6. The molecule has 1 fully saturated rings. The third-order valence-corrected chi connectivity index (χ3v) is 3.25. The van der Waals surface area contributed by atoms with E-state index in [0.717, 1.165) is 5.06 Å². The summed E-state index contributed by atoms with van der Waals surface area (Å²) >= 11 is 0. The molecule has 8 nitrogen and oxygen atoms in total. The number of carboxylic acid groups (broad SMARTS) is 1. The zero-order chi connectivity index (χ0) is 18.7. The van der Waals surface area contributed by atoms with Crippen LogP contribution >= 0.6 is 0 Å². The average Bonchev–Trinajstić information content (AvgIpc) is 2.78. The van der Waals surface area contributed by atoms with Gasteiger partial charge < -0.3 is 9.84 Å². The second-order valence-corrected chi connectivity index (χ2v) is 8.00. The van der Waals surface area contributed by atoms with Crippen molar-refractivity contribution >= 4 is 18.5 Å². The molecule has 1 N–H and O–H groups in total. The molecule has 1 aliphatic heterocycles. The van der Waals surface area contributed by atoms with Gasteiger partial charge in [0.2, 0.25) is 6.41 Å². The summed E-state index contributed by atoms with van der Waals surface area (Å²) in [5, 5.41) is 10.5. The van der Waals surface area contributed by atoms with Crippen LogP contribution in [0.3, 0.4) is 0 Å². The third-order valence-electron chi connectivity index (χ3n) is 3.25. The number of rotatable bonds is 5. The molecule has 24 heavy (non-hydrogen) atoms. The van der Waals surface area contributed by atoms with Crippen molar-refractivity contribution in [2.45, 2.75) is 65.2 Å². The fraction of sp³-hybridized carbons (Fsp3) is 0.812. The van der Waals surface area contributed by atoms with Gasteiger partial charge in [0.05, 0.1) is 12.1 Å². The predicted octanol–water partition coefficient (Wildman–Crippen LogP) is 1.89. The van der Waals surface area contributed by atoms with Gasteiger partial charge in [-0.1, -0.05) is 0 Å². The largest absolute Gasteiger partial charge is 0.480 e. The molecule has 1 aliphatic rings. The summed E-state index contributed by atoms with van der Waals surface area (Å²) in [6.07, 6.45) is 0.149. The summed E-state index contributed by atoms with van der Waals surface area (Å²) in [7, 11) is 0. The number of hydroxylamine groups is 2. The van der Waals surface area contributed by atoms with Crippen LogP contribution in [0.25, 0.3) is 0 Å². The van der Waals surface area contributed by atoms with Gasteiger partial charge in [0.15, 0.2) is 0 Å². The van der Waals surface area contributed by atoms with Crippen LogP contribution in [0.4, 0.5) is 4.79 Å². The number of carboxylic acids is 1. The molecule has 1 saturated heterocycles. The molecule has 1 unspecified atom stereocenters. The molecule has 0 aromatic rings. The van der Waals surface area contributed by atoms with E-state index in [1.165, 1.54) is 4.90 Å². The van der Waals surface area contributed by atoms with E-state index in [1.807, 2.05) is 20.8 Å². The smallest absolute Gasteiger partial charge is 0.411 e. The lowest BCUT2D eigenvalue weighted by atomic mass is 10.1. The van der Waals surface area contributed by atoms with Crippen molar-refractivity contribution in [3.05, 3.63) is 0 Å². The molecule has 2 amide bonds. The summed E-state index contributed by atoms with van der Waals surface area (Å²) in [6.45, 7) is 11.0. The van der Waals surface area contributed by atoms with E-state index in [4.69, 9.17) is 9.57 Å². The molecule has 0 aliphatic carbocycles. The predicted molar refractivity (Wildman–Crippen MR) is 86.1 cm³/mol. The van der Waals surface area contributed by atoms with Crippen molar-refractivity contribution in [1.29, 1.82) is 0 Å². The number of carbonyl (C=O) groups is 3. The lowest BCUT2D eigenvalue weighted by molar-refractivity contribution is -0.219. The van der Waals surface area contributed by atoms with Crippen LogP contribution in [-0.2, 0) is 19.2 Å². The van der Waals surface area contributed by atoms with Gasteiger partial charge in [0.25, 0.3) is 0 Å². The van der Waals surface area contributed by atoms with Crippen LogP contribution in [0.1, 0.15) is 48.0 Å². The highest BCUT2D eigenvalue weighted by molar-refractivity contribution is 5.81. The highest BCUT2D eigenvalue weighted by atomic mass is 16.7. The van der Waals surface area contributed by atoms with Crippen LogP contribution in [0.2, 0.25) is 0 Å². The number of nitrogens with zero attached hydrogens (tertiary/aromatic N) is 2. The monoisotopic (exact) mass is 344 g/mol. The zero-order valence-corrected chi connectivity index (χ0v) is 15.2. The van der Waals surface area contributed by atoms with Gasteiger partial charge in [-0.2, -0.15) is 0 Å². The number of ether oxygens (including phenoxy) is 1. The van der Waals surface area contributed by atoms with Crippen molar-refractivity contribution < 1.29 is 29.1 Å². The Morgan fingerprint density at radius 2 is 1.79 bits per heavy atom. The van der Waals surface area contributed by atoms with Gasteiger partial charge in [0, 0.05) is 6.54 Å². The lowest BCUT2D eigenvalue weighted by Crippen LogP contribution is -2.43. The zero-order valence-electron chi connectivity index (χ0n) is 15.2. The summed E-state index contributed by atoms with van der Waals surface area (Å²) < 4.78 is 5.27. The summed E-state index contributed by atoms with van der Waals surface area (Å²) in [4.78, 5) is 41.6. The highest BCUT2D eigenvalue weighted by Gasteiger charge is 2.42. The van der Waals surface area contributed by atoms with E-state index < -0.39 is 29.3 Å². The van der Waals surface area contributed by atoms with E-state index in [2.05, 4.69) is 0 Å². The summed E-state index contributed by atoms with van der Waals surface area (Å²) in [5.41, 5.74) is -1.25. The van der Waals surface area contributed by atoms with E-state index in [1.54, 1.807) is 20.8 Å². The molecule has 138 valence electrons. The van der Waals surface area contributed by atoms with Crippen molar-refractivity contribution in [3.63, 3.8) is 0 Å². The Bertz CT molecular complexity index is 480. The maximum atomic E-state index is 12.2. The first kappa shape index (κ1) is 20.2. The molecule has 0 bridgehead atoms. The Labute approximate surface area is 142 Å². The van der Waals surface area contributed by atoms with Gasteiger partial charge >= 0.3 is 12.1 Å². The summed E-state index contributed by atoms with van der Waals surface area (Å²) in [6, 6.07) is -0.965. The minimum atomic E-state index is -1.09. The molecule has 0 aromatic carbocycles. The quantitative estimate of drug-likeness (QED) is 0.604. The van der Waals surface area contributed by atoms with Crippen molar-refractivity contribution in [2.75, 3.05) is 13.1 Å². The van der Waals surface area contributed by atoms with Gasteiger partial charge in [-0.3, -0.25) is 14.5 Å². The summed E-state index contributed by atoms with van der Waals surface area (Å²) in [5.74, 6) is -1.29. The highest BCUT2D eigenvalue weighted by Crippen LogP contribution is 2.27. The molecule has 1 rings (SSSR count). The van der Waals surface area contributed by atoms with E-state index in [0.29, 0.717) is 6.41 Å². The molecule has 8 heteroatoms. The minimum Gasteiger partial charge on any atom is -0.480 e. The number of likely N-dealkylation sites (tertiary alicyclic amines) is 1. The first-order chi connectivity index (χ1) is 10.8. The van der Waals surface area contributed by atoms with Crippen LogP contribution in [0.5, 0.6) is 0 Å². The second-order valence-electron chi connectivity index (χ2n) is 8.00. The third kappa shape index (κ3) is 6.35. The normalized spacial score (nSPS) is 21.5. The van der Waals surface area contributed by atoms with E-state index >= 15 is 0 Å². The number of hydrogen-bond acceptors (Lipinski definition) is 5. The van der Waals surface area contributed by atoms with E-state index in [9.17, 15) is 19.5 Å². The van der Waals surface area contributed by atoms with Crippen LogP contribution in [0, 0.1) is 5.92 Å². The average molecular weight is 344 g/mol. The molecule has 0 radical (unpaired) electrons. The maximum absolute atomic E-state index is 12.2. The minimum absolute atomic E-state index is 0.198. The second kappa shape index (κ2) is 7.38. The molecule has 1 heterocycles. The molecule has 2 atom stereocenters. The maximum Gasteiger partial charge on any atom is 0.411 e. The fourth-order valence-corrected chi connectivity index (χ4v) is 2.52. The van der Waals surface area contributed by atoms with Crippen LogP contribution < -0.4 is 0 Å². The lowest BCUT2D eigenvalue weighted by Gasteiger charge is -2.29. The Morgan fingerprint density at radius 3 is 2.21 bits per heavy atom. The number of carbonyl (C=O) groups excluding carboxylic acids is 2. The molecule has 0 aromatic heterocycles. The van der Waals surface area contributed by atoms with Gasteiger partial charge in [0.1, 0.15) is 11.6 Å². The Hall–Kier alpha value is -1.83. The van der Waals surface area contributed by atoms with Crippen molar-refractivity contribution in [3.8, 4) is 0 Å². The SMILES string of the molecule is CC(C)(C)OC(=O)N1CC(CN(C=O)OC(C)(C)C)C[C@H]1C(=O)O. The van der Waals surface area contributed by atoms with Crippen molar-refractivity contribution in [1.82, 2.24) is 9.96 Å². The van der Waals surface area contributed by atoms with Gasteiger partial charge in [-0.25, -0.2) is 14.7 Å². The van der Waals surface area contributed by atoms with E-state index in [-0.39, 0.29) is 25.4 Å². The Kier molecular flexibility index (Phi) is 6.21. The number of hydrogen-bond donors (Lipinski definition) is 1. The Balaban J connectivity index is 2.78. The topological polar surface area (TPSA) is 96.4 Å². The van der Waals surface area contributed by atoms with Crippen molar-refractivity contribution in [2.24, 2.45) is 5.92 Å². The first-order valence-corrected chi connectivity index (χ1v) is 7.96. The standard InChI is InChI=1S/C16H28N2O6/c1-15(2,3)23-14(22)18-9-11(7-12(18)13(20)21)8-17(10-19)24-16(4,5)6/h10-12H,7-9H2,1-6H3,(H,20,21)/t11?,12-/m0/s1. The molecular weight excluding hydrogens is 316 g/mol. The number of aliphatic carboxylic acids is 1. The molecule has 0 saturated carbocycles. The first-order valence-electron chi connectivity index (χ1n) is 7.96. The van der Waals surface area contributed by atoms with Gasteiger partial charge in [-0.15, -0.1) is 0 Å². The molecule has 0 spiro atoms. The number of amides is 2. The van der Waals surface area contributed by atoms with Crippen LogP contribution in [-0.4, -0.2) is 63.9 Å². The van der Waals surface area contributed by atoms with Gasteiger partial charge in [-0.05, 0) is 53.9 Å². The fourth-order valence-electron chi connectivity index (χ4n) is 2.52. The Morgan fingerprint density at radius 1 is 1.21 bits per heavy atom. The van der Waals surface area contributed by atoms with Crippen LogP contribution in [0.15, 0.2) is 0 Å².